The monoisotopic (exact) mass is 491 g/mol. The molecule has 6 rings (SSSR count). The van der Waals surface area contributed by atoms with Crippen molar-refractivity contribution in [2.24, 2.45) is 4.99 Å². The molecular formula is C30H29N5O2. The molecule has 1 fully saturated rings. The Morgan fingerprint density at radius 2 is 1.84 bits per heavy atom. The lowest BCUT2D eigenvalue weighted by Gasteiger charge is -2.22. The van der Waals surface area contributed by atoms with Gasteiger partial charge in [0.1, 0.15) is 11.6 Å². The summed E-state index contributed by atoms with van der Waals surface area (Å²) < 4.78 is 5.83. The first-order valence-corrected chi connectivity index (χ1v) is 12.9. The van der Waals surface area contributed by atoms with Gasteiger partial charge in [-0.3, -0.25) is 9.79 Å². The lowest BCUT2D eigenvalue weighted by Crippen LogP contribution is -2.38. The van der Waals surface area contributed by atoms with Crippen LogP contribution in [0.15, 0.2) is 71.7 Å². The maximum atomic E-state index is 12.4. The van der Waals surface area contributed by atoms with E-state index in [4.69, 9.17) is 14.7 Å². The molecule has 1 amide bonds. The number of aliphatic imine (C=N–C) groups is 1. The Morgan fingerprint density at radius 3 is 2.76 bits per heavy atom. The molecule has 37 heavy (non-hydrogen) atoms. The number of carbonyl (C=O) groups is 1. The van der Waals surface area contributed by atoms with Crippen molar-refractivity contribution >= 4 is 34.5 Å². The molecule has 2 aliphatic rings. The van der Waals surface area contributed by atoms with Crippen molar-refractivity contribution in [3.8, 4) is 17.1 Å². The first-order chi connectivity index (χ1) is 18.2. The minimum absolute atomic E-state index is 0.00698. The van der Waals surface area contributed by atoms with Crippen LogP contribution in [0.5, 0.6) is 5.75 Å². The van der Waals surface area contributed by atoms with Crippen molar-refractivity contribution < 1.29 is 9.53 Å². The quantitative estimate of drug-likeness (QED) is 0.341. The summed E-state index contributed by atoms with van der Waals surface area (Å²) in [6.45, 7) is 0.726. The number of carbonyl (C=O) groups excluding carboxylic acids is 1. The second-order valence-corrected chi connectivity index (χ2v) is 9.64. The number of benzene rings is 3. The second-order valence-electron chi connectivity index (χ2n) is 9.64. The summed E-state index contributed by atoms with van der Waals surface area (Å²) >= 11 is 0. The van der Waals surface area contributed by atoms with Gasteiger partial charge in [-0.25, -0.2) is 9.97 Å². The molecule has 1 saturated carbocycles. The molecule has 0 unspecified atom stereocenters. The van der Waals surface area contributed by atoms with E-state index in [1.165, 1.54) is 24.8 Å². The summed E-state index contributed by atoms with van der Waals surface area (Å²) in [6, 6.07) is 22.1. The number of fused-ring (bicyclic) bond motifs is 2. The van der Waals surface area contributed by atoms with E-state index >= 15 is 0 Å². The molecule has 0 saturated heterocycles. The average molecular weight is 492 g/mol. The Balaban J connectivity index is 1.23. The highest BCUT2D eigenvalue weighted by Gasteiger charge is 2.16. The zero-order valence-electron chi connectivity index (χ0n) is 20.6. The number of nitrogens with zero attached hydrogens (tertiary/aromatic N) is 3. The summed E-state index contributed by atoms with van der Waals surface area (Å²) in [4.78, 5) is 26.4. The first-order valence-electron chi connectivity index (χ1n) is 12.9. The van der Waals surface area contributed by atoms with Crippen molar-refractivity contribution in [3.05, 3.63) is 77.9 Å². The highest BCUT2D eigenvalue weighted by Crippen LogP contribution is 2.30. The summed E-state index contributed by atoms with van der Waals surface area (Å²) in [5.41, 5.74) is 4.96. The Bertz CT molecular complexity index is 1480. The first kappa shape index (κ1) is 23.2. The van der Waals surface area contributed by atoms with Gasteiger partial charge < -0.3 is 15.4 Å². The van der Waals surface area contributed by atoms with Gasteiger partial charge in [0, 0.05) is 28.9 Å². The van der Waals surface area contributed by atoms with E-state index in [1.807, 2.05) is 54.7 Å². The van der Waals surface area contributed by atoms with Crippen molar-refractivity contribution in [3.63, 3.8) is 0 Å². The minimum atomic E-state index is -0.0786. The van der Waals surface area contributed by atoms with Crippen molar-refractivity contribution in [2.75, 3.05) is 11.9 Å². The Morgan fingerprint density at radius 1 is 0.946 bits per heavy atom. The summed E-state index contributed by atoms with van der Waals surface area (Å²) in [5.74, 6) is 1.85. The molecule has 186 valence electrons. The van der Waals surface area contributed by atoms with Gasteiger partial charge in [0.05, 0.1) is 12.1 Å². The van der Waals surface area contributed by atoms with Crippen LogP contribution in [0.1, 0.15) is 43.2 Å². The number of aromatic nitrogens is 2. The lowest BCUT2D eigenvalue weighted by molar-refractivity contribution is -0.124. The second kappa shape index (κ2) is 10.4. The van der Waals surface area contributed by atoms with E-state index in [9.17, 15) is 4.79 Å². The SMILES string of the molecule is O=C(COc1cccc(-c2nc(Nc3ccc4c(c3)C=NC4)c3ccccc3n2)c1)NC1CCCCC1. The van der Waals surface area contributed by atoms with Gasteiger partial charge >= 0.3 is 0 Å². The van der Waals surface area contributed by atoms with Crippen LogP contribution in [-0.4, -0.2) is 34.7 Å². The number of hydrogen-bond donors (Lipinski definition) is 2. The van der Waals surface area contributed by atoms with Crippen LogP contribution in [0.2, 0.25) is 0 Å². The van der Waals surface area contributed by atoms with Crippen molar-refractivity contribution in [1.29, 1.82) is 0 Å². The Hall–Kier alpha value is -4.26. The van der Waals surface area contributed by atoms with Crippen LogP contribution in [0, 0.1) is 0 Å². The zero-order chi connectivity index (χ0) is 25.0. The van der Waals surface area contributed by atoms with Crippen molar-refractivity contribution in [2.45, 2.75) is 44.7 Å². The highest BCUT2D eigenvalue weighted by atomic mass is 16.5. The van der Waals surface area contributed by atoms with Crippen LogP contribution in [0.4, 0.5) is 11.5 Å². The third-order valence-electron chi connectivity index (χ3n) is 6.94. The predicted octanol–water partition coefficient (Wildman–Crippen LogP) is 5.80. The van der Waals surface area contributed by atoms with Crippen LogP contribution in [-0.2, 0) is 11.3 Å². The number of hydrogen-bond acceptors (Lipinski definition) is 6. The van der Waals surface area contributed by atoms with Gasteiger partial charge in [-0.1, -0.05) is 49.6 Å². The lowest BCUT2D eigenvalue weighted by atomic mass is 9.95. The van der Waals surface area contributed by atoms with Gasteiger partial charge in [-0.05, 0) is 60.4 Å². The topological polar surface area (TPSA) is 88.5 Å². The molecule has 4 aromatic rings. The molecule has 7 heteroatoms. The number of rotatable bonds is 7. The fourth-order valence-electron chi connectivity index (χ4n) is 5.01. The molecule has 0 spiro atoms. The van der Waals surface area contributed by atoms with Crippen LogP contribution in [0.25, 0.3) is 22.3 Å². The normalized spacial score (nSPS) is 14.9. The number of amides is 1. The van der Waals surface area contributed by atoms with Crippen LogP contribution in [0.3, 0.4) is 0 Å². The zero-order valence-corrected chi connectivity index (χ0v) is 20.6. The molecule has 1 aromatic heterocycles. The Kier molecular flexibility index (Phi) is 6.50. The van der Waals surface area contributed by atoms with Gasteiger partial charge in [-0.2, -0.15) is 0 Å². The molecule has 1 aliphatic heterocycles. The van der Waals surface area contributed by atoms with E-state index in [2.05, 4.69) is 33.8 Å². The maximum Gasteiger partial charge on any atom is 0.258 e. The van der Waals surface area contributed by atoms with Crippen LogP contribution < -0.4 is 15.4 Å². The van der Waals surface area contributed by atoms with Gasteiger partial charge in [0.25, 0.3) is 5.91 Å². The number of anilines is 2. The van der Waals surface area contributed by atoms with Gasteiger partial charge in [0.2, 0.25) is 0 Å². The van der Waals surface area contributed by atoms with E-state index in [1.54, 1.807) is 0 Å². The molecule has 0 bridgehead atoms. The Labute approximate surface area is 216 Å². The predicted molar refractivity (Wildman–Crippen MR) is 147 cm³/mol. The van der Waals surface area contributed by atoms with E-state index in [-0.39, 0.29) is 18.6 Å². The third kappa shape index (κ3) is 5.31. The van der Waals surface area contributed by atoms with Crippen LogP contribution >= 0.6 is 0 Å². The highest BCUT2D eigenvalue weighted by molar-refractivity contribution is 5.93. The summed E-state index contributed by atoms with van der Waals surface area (Å²) in [6.07, 6.45) is 7.62. The standard InChI is InChI=1S/C30H29N5O2/c36-28(32-23-8-2-1-3-9-23)19-37-25-10-6-7-20(16-25)29-34-27-12-5-4-11-26(27)30(35-29)33-24-14-13-21-17-31-18-22(21)15-24/h4-7,10-16,18,23H,1-3,8-9,17,19H2,(H,32,36)(H,33,34,35). The average Bonchev–Trinajstić information content (AvgIpc) is 3.41. The smallest absolute Gasteiger partial charge is 0.258 e. The van der Waals surface area contributed by atoms with E-state index < -0.39 is 0 Å². The molecular weight excluding hydrogens is 462 g/mol. The van der Waals surface area contributed by atoms with Crippen molar-refractivity contribution in [1.82, 2.24) is 15.3 Å². The fourth-order valence-corrected chi connectivity index (χ4v) is 5.01. The van der Waals surface area contributed by atoms with Gasteiger partial charge in [-0.15, -0.1) is 0 Å². The third-order valence-corrected chi connectivity index (χ3v) is 6.94. The number of ether oxygens (including phenoxy) is 1. The molecule has 0 radical (unpaired) electrons. The number of nitrogens with one attached hydrogen (secondary N) is 2. The maximum absolute atomic E-state index is 12.4. The van der Waals surface area contributed by atoms with E-state index in [0.717, 1.165) is 52.9 Å². The number of para-hydroxylation sites is 1. The molecule has 2 N–H and O–H groups in total. The molecule has 7 nitrogen and oxygen atoms in total. The molecule has 3 aromatic carbocycles. The van der Waals surface area contributed by atoms with Gasteiger partial charge in [0.15, 0.2) is 12.4 Å². The minimum Gasteiger partial charge on any atom is -0.484 e. The van der Waals surface area contributed by atoms with E-state index in [0.29, 0.717) is 11.6 Å². The largest absolute Gasteiger partial charge is 0.484 e. The summed E-state index contributed by atoms with van der Waals surface area (Å²) in [7, 11) is 0. The summed E-state index contributed by atoms with van der Waals surface area (Å²) in [5, 5.41) is 7.52. The fraction of sp³-hybridized carbons (Fsp3) is 0.267. The molecule has 1 aliphatic carbocycles. The molecule has 2 heterocycles. The molecule has 0 atom stereocenters.